The summed E-state index contributed by atoms with van der Waals surface area (Å²) in [5.41, 5.74) is 7.96. The van der Waals surface area contributed by atoms with Crippen LogP contribution in [-0.2, 0) is 6.54 Å². The average molecular weight is 227 g/mol. The number of rotatable bonds is 4. The van der Waals surface area contributed by atoms with Gasteiger partial charge in [-0.2, -0.15) is 0 Å². The first-order valence-corrected chi connectivity index (χ1v) is 5.57. The Morgan fingerprint density at radius 1 is 1.47 bits per heavy atom. The molecule has 84 valence electrons. The van der Waals surface area contributed by atoms with Crippen molar-refractivity contribution < 1.29 is 0 Å². The third kappa shape index (κ3) is 3.49. The van der Waals surface area contributed by atoms with Crippen molar-refractivity contribution in [3.63, 3.8) is 0 Å². The summed E-state index contributed by atoms with van der Waals surface area (Å²) in [6.45, 7) is 5.70. The van der Waals surface area contributed by atoms with Crippen LogP contribution in [0.3, 0.4) is 0 Å². The molecule has 0 aliphatic heterocycles. The summed E-state index contributed by atoms with van der Waals surface area (Å²) in [6.07, 6.45) is 0. The van der Waals surface area contributed by atoms with Gasteiger partial charge in [-0.3, -0.25) is 4.90 Å². The van der Waals surface area contributed by atoms with E-state index in [1.165, 1.54) is 5.56 Å². The Morgan fingerprint density at radius 2 is 2.13 bits per heavy atom. The summed E-state index contributed by atoms with van der Waals surface area (Å²) in [4.78, 5) is 2.22. The van der Waals surface area contributed by atoms with Crippen LogP contribution < -0.4 is 5.73 Å². The predicted octanol–water partition coefficient (Wildman–Crippen LogP) is 2.43. The molecule has 2 nitrogen and oxygen atoms in total. The Morgan fingerprint density at radius 3 is 2.67 bits per heavy atom. The van der Waals surface area contributed by atoms with E-state index >= 15 is 0 Å². The van der Waals surface area contributed by atoms with Crippen LogP contribution in [0.2, 0.25) is 5.02 Å². The van der Waals surface area contributed by atoms with Crippen LogP contribution in [0.25, 0.3) is 0 Å². The Kier molecular flexibility index (Phi) is 4.58. The summed E-state index contributed by atoms with van der Waals surface area (Å²) in [6, 6.07) is 6.58. The molecule has 3 heteroatoms. The molecule has 0 fully saturated rings. The van der Waals surface area contributed by atoms with Crippen LogP contribution in [0.4, 0.5) is 0 Å². The van der Waals surface area contributed by atoms with E-state index in [-0.39, 0.29) is 0 Å². The van der Waals surface area contributed by atoms with Gasteiger partial charge in [0.1, 0.15) is 0 Å². The molecule has 0 saturated carbocycles. The van der Waals surface area contributed by atoms with Gasteiger partial charge in [0.05, 0.1) is 0 Å². The first-order valence-electron chi connectivity index (χ1n) is 5.20. The van der Waals surface area contributed by atoms with Gasteiger partial charge in [0, 0.05) is 24.2 Å². The topological polar surface area (TPSA) is 29.3 Å². The third-order valence-corrected chi connectivity index (χ3v) is 3.17. The van der Waals surface area contributed by atoms with Gasteiger partial charge in [0.2, 0.25) is 0 Å². The van der Waals surface area contributed by atoms with E-state index in [0.29, 0.717) is 12.6 Å². The fourth-order valence-corrected chi connectivity index (χ4v) is 1.56. The van der Waals surface area contributed by atoms with E-state index in [1.807, 2.05) is 13.0 Å². The van der Waals surface area contributed by atoms with Gasteiger partial charge in [0.15, 0.2) is 0 Å². The minimum atomic E-state index is 0.394. The van der Waals surface area contributed by atoms with E-state index in [0.717, 1.165) is 17.1 Å². The van der Waals surface area contributed by atoms with Gasteiger partial charge >= 0.3 is 0 Å². The fraction of sp³-hybridized carbons (Fsp3) is 0.500. The number of nitrogens with zero attached hydrogens (tertiary/aromatic N) is 1. The van der Waals surface area contributed by atoms with Gasteiger partial charge in [-0.15, -0.1) is 0 Å². The number of aryl methyl sites for hydroxylation is 1. The zero-order valence-electron chi connectivity index (χ0n) is 9.63. The average Bonchev–Trinajstić information content (AvgIpc) is 2.22. The first-order chi connectivity index (χ1) is 7.04. The molecule has 0 heterocycles. The largest absolute Gasteiger partial charge is 0.329 e. The van der Waals surface area contributed by atoms with Crippen LogP contribution in [0.5, 0.6) is 0 Å². The zero-order chi connectivity index (χ0) is 11.4. The quantitative estimate of drug-likeness (QED) is 0.855. The van der Waals surface area contributed by atoms with Crippen molar-refractivity contribution in [3.05, 3.63) is 34.3 Å². The van der Waals surface area contributed by atoms with Crippen molar-refractivity contribution in [3.8, 4) is 0 Å². The lowest BCUT2D eigenvalue weighted by molar-refractivity contribution is 0.255. The highest BCUT2D eigenvalue weighted by Crippen LogP contribution is 2.17. The predicted molar refractivity (Wildman–Crippen MR) is 66.2 cm³/mol. The molecular weight excluding hydrogens is 208 g/mol. The minimum Gasteiger partial charge on any atom is -0.329 e. The number of nitrogens with two attached hydrogens (primary N) is 1. The van der Waals surface area contributed by atoms with E-state index in [4.69, 9.17) is 17.3 Å². The fourth-order valence-electron chi connectivity index (χ4n) is 1.36. The molecule has 1 atom stereocenters. The van der Waals surface area contributed by atoms with Crippen LogP contribution in [-0.4, -0.2) is 24.5 Å². The van der Waals surface area contributed by atoms with E-state index in [2.05, 4.69) is 31.0 Å². The monoisotopic (exact) mass is 226 g/mol. The molecule has 0 bridgehead atoms. The molecule has 1 unspecified atom stereocenters. The van der Waals surface area contributed by atoms with E-state index in [9.17, 15) is 0 Å². The highest BCUT2D eigenvalue weighted by molar-refractivity contribution is 6.31. The highest BCUT2D eigenvalue weighted by Gasteiger charge is 2.07. The van der Waals surface area contributed by atoms with Crippen LogP contribution in [0, 0.1) is 6.92 Å². The summed E-state index contributed by atoms with van der Waals surface area (Å²) in [5.74, 6) is 0. The SMILES string of the molecule is Cc1ccc(CN(C)C(C)CN)cc1Cl. The Balaban J connectivity index is 2.68. The van der Waals surface area contributed by atoms with Gasteiger partial charge < -0.3 is 5.73 Å². The number of likely N-dealkylation sites (N-methyl/N-ethyl adjacent to an activating group) is 1. The molecule has 1 rings (SSSR count). The lowest BCUT2D eigenvalue weighted by Gasteiger charge is -2.23. The summed E-state index contributed by atoms with van der Waals surface area (Å²) >= 11 is 6.07. The highest BCUT2D eigenvalue weighted by atomic mass is 35.5. The summed E-state index contributed by atoms with van der Waals surface area (Å²) < 4.78 is 0. The molecule has 0 spiro atoms. The molecule has 0 aromatic heterocycles. The van der Waals surface area contributed by atoms with Crippen LogP contribution in [0.15, 0.2) is 18.2 Å². The molecule has 2 N–H and O–H groups in total. The van der Waals surface area contributed by atoms with Crippen molar-refractivity contribution in [1.29, 1.82) is 0 Å². The molecule has 0 radical (unpaired) electrons. The summed E-state index contributed by atoms with van der Waals surface area (Å²) in [5, 5.41) is 0.835. The van der Waals surface area contributed by atoms with E-state index < -0.39 is 0 Å². The van der Waals surface area contributed by atoms with Crippen molar-refractivity contribution in [2.75, 3.05) is 13.6 Å². The van der Waals surface area contributed by atoms with Gasteiger partial charge in [-0.05, 0) is 38.1 Å². The molecule has 0 amide bonds. The smallest absolute Gasteiger partial charge is 0.0438 e. The van der Waals surface area contributed by atoms with Crippen molar-refractivity contribution in [2.45, 2.75) is 26.4 Å². The third-order valence-electron chi connectivity index (χ3n) is 2.76. The lowest BCUT2D eigenvalue weighted by Crippen LogP contribution is -2.34. The maximum absolute atomic E-state index is 6.07. The minimum absolute atomic E-state index is 0.394. The van der Waals surface area contributed by atoms with Gasteiger partial charge in [-0.25, -0.2) is 0 Å². The molecule has 1 aromatic carbocycles. The molecule has 0 saturated heterocycles. The maximum Gasteiger partial charge on any atom is 0.0438 e. The Hall–Kier alpha value is -0.570. The van der Waals surface area contributed by atoms with Crippen LogP contribution >= 0.6 is 11.6 Å². The standard InChI is InChI=1S/C12H19ClN2/c1-9-4-5-11(6-12(9)13)8-15(3)10(2)7-14/h4-6,10H,7-8,14H2,1-3H3. The first kappa shape index (κ1) is 12.5. The second kappa shape index (κ2) is 5.50. The number of hydrogen-bond acceptors (Lipinski definition) is 2. The van der Waals surface area contributed by atoms with E-state index in [1.54, 1.807) is 0 Å². The van der Waals surface area contributed by atoms with Crippen molar-refractivity contribution in [2.24, 2.45) is 5.73 Å². The zero-order valence-corrected chi connectivity index (χ0v) is 10.4. The normalized spacial score (nSPS) is 13.2. The van der Waals surface area contributed by atoms with Crippen molar-refractivity contribution >= 4 is 11.6 Å². The number of hydrogen-bond donors (Lipinski definition) is 1. The molecule has 0 aliphatic carbocycles. The molecule has 15 heavy (non-hydrogen) atoms. The van der Waals surface area contributed by atoms with Gasteiger partial charge in [0.25, 0.3) is 0 Å². The van der Waals surface area contributed by atoms with Gasteiger partial charge in [-0.1, -0.05) is 23.7 Å². The second-order valence-electron chi connectivity index (χ2n) is 4.08. The van der Waals surface area contributed by atoms with Crippen LogP contribution in [0.1, 0.15) is 18.1 Å². The van der Waals surface area contributed by atoms with Crippen molar-refractivity contribution in [1.82, 2.24) is 4.90 Å². The Labute approximate surface area is 97.0 Å². The Bertz CT molecular complexity index is 325. The molecule has 0 aliphatic rings. The lowest BCUT2D eigenvalue weighted by atomic mass is 10.1. The second-order valence-corrected chi connectivity index (χ2v) is 4.49. The molecular formula is C12H19ClN2. The molecule has 1 aromatic rings. The summed E-state index contributed by atoms with van der Waals surface area (Å²) in [7, 11) is 2.07. The maximum atomic E-state index is 6.07. The number of benzene rings is 1. The number of halogens is 1.